The molecule has 0 saturated carbocycles. The summed E-state index contributed by atoms with van der Waals surface area (Å²) in [6, 6.07) is 4.64. The van der Waals surface area contributed by atoms with Gasteiger partial charge in [-0.1, -0.05) is 6.07 Å². The normalized spacial score (nSPS) is 10.2. The molecule has 0 aromatic heterocycles. The smallest absolute Gasteiger partial charge is 0.264 e. The van der Waals surface area contributed by atoms with Crippen LogP contribution >= 0.6 is 0 Å². The van der Waals surface area contributed by atoms with E-state index in [9.17, 15) is 8.78 Å². The topological polar surface area (TPSA) is 49.8 Å². The zero-order valence-electron chi connectivity index (χ0n) is 7.72. The Labute approximate surface area is 81.0 Å². The number of rotatable bonds is 2. The lowest BCUT2D eigenvalue weighted by Crippen LogP contribution is -1.99. The minimum atomic E-state index is -2.58. The van der Waals surface area contributed by atoms with E-state index in [0.717, 1.165) is 5.56 Å². The molecule has 1 rings (SSSR count). The van der Waals surface area contributed by atoms with Gasteiger partial charge in [0.25, 0.3) is 6.43 Å². The second-order valence-corrected chi connectivity index (χ2v) is 3.04. The van der Waals surface area contributed by atoms with Crippen molar-refractivity contribution in [3.05, 3.63) is 28.8 Å². The maximum Gasteiger partial charge on any atom is 0.264 e. The van der Waals surface area contributed by atoms with E-state index in [2.05, 4.69) is 0 Å². The molecule has 0 radical (unpaired) electrons. The lowest BCUT2D eigenvalue weighted by molar-refractivity contribution is 0.150. The molecule has 0 aliphatic carbocycles. The number of hydrogen-bond acceptors (Lipinski definition) is 2. The average Bonchev–Trinajstić information content (AvgIpc) is 2.11. The Hall–Kier alpha value is -1.63. The molecule has 0 spiro atoms. The van der Waals surface area contributed by atoms with E-state index in [1.54, 1.807) is 13.0 Å². The Morgan fingerprint density at radius 2 is 2.14 bits per heavy atom. The number of benzene rings is 1. The summed E-state index contributed by atoms with van der Waals surface area (Å²) < 4.78 is 25.0. The number of nitrogens with zero attached hydrogens (tertiary/aromatic N) is 1. The minimum Gasteiger partial charge on any atom is -0.399 e. The SMILES string of the molecule is Cc1cc(CC#N)c(C(F)F)cc1N. The zero-order valence-corrected chi connectivity index (χ0v) is 7.72. The molecular weight excluding hydrogens is 186 g/mol. The summed E-state index contributed by atoms with van der Waals surface area (Å²) in [6.45, 7) is 1.73. The predicted octanol–water partition coefficient (Wildman–Crippen LogP) is 2.58. The summed E-state index contributed by atoms with van der Waals surface area (Å²) >= 11 is 0. The number of nitrogen functional groups attached to an aromatic ring is 1. The van der Waals surface area contributed by atoms with Gasteiger partial charge >= 0.3 is 0 Å². The number of anilines is 1. The molecule has 4 heteroatoms. The molecular formula is C10H10F2N2. The van der Waals surface area contributed by atoms with Gasteiger partial charge in [-0.15, -0.1) is 0 Å². The molecule has 0 heterocycles. The summed E-state index contributed by atoms with van der Waals surface area (Å²) in [5.41, 5.74) is 6.78. The van der Waals surface area contributed by atoms with Crippen LogP contribution in [0.4, 0.5) is 14.5 Å². The molecule has 1 aromatic carbocycles. The van der Waals surface area contributed by atoms with Gasteiger partial charge in [-0.05, 0) is 24.1 Å². The molecule has 0 aliphatic heterocycles. The number of nitrogens with two attached hydrogens (primary N) is 1. The van der Waals surface area contributed by atoms with Crippen LogP contribution < -0.4 is 5.73 Å². The third-order valence-corrected chi connectivity index (χ3v) is 2.03. The number of halogens is 2. The lowest BCUT2D eigenvalue weighted by atomic mass is 10.0. The minimum absolute atomic E-state index is 0.0131. The predicted molar refractivity (Wildman–Crippen MR) is 49.9 cm³/mol. The molecule has 74 valence electrons. The van der Waals surface area contributed by atoms with E-state index < -0.39 is 6.43 Å². The van der Waals surface area contributed by atoms with Gasteiger partial charge in [0.1, 0.15) is 0 Å². The van der Waals surface area contributed by atoms with Crippen molar-refractivity contribution in [3.8, 4) is 6.07 Å². The van der Waals surface area contributed by atoms with Crippen molar-refractivity contribution < 1.29 is 8.78 Å². The van der Waals surface area contributed by atoms with Crippen LogP contribution in [0.3, 0.4) is 0 Å². The summed E-state index contributed by atoms with van der Waals surface area (Å²) in [4.78, 5) is 0. The van der Waals surface area contributed by atoms with Crippen LogP contribution in [0.1, 0.15) is 23.1 Å². The summed E-state index contributed by atoms with van der Waals surface area (Å²) in [6.07, 6.45) is -2.60. The number of alkyl halides is 2. The van der Waals surface area contributed by atoms with Crippen LogP contribution in [0, 0.1) is 18.3 Å². The molecule has 0 bridgehead atoms. The van der Waals surface area contributed by atoms with Gasteiger partial charge in [0.05, 0.1) is 12.5 Å². The van der Waals surface area contributed by atoms with Crippen LogP contribution in [-0.2, 0) is 6.42 Å². The largest absolute Gasteiger partial charge is 0.399 e. The summed E-state index contributed by atoms with van der Waals surface area (Å²) in [5.74, 6) is 0. The van der Waals surface area contributed by atoms with Gasteiger partial charge in [0.15, 0.2) is 0 Å². The van der Waals surface area contributed by atoms with E-state index in [-0.39, 0.29) is 12.0 Å². The molecule has 0 unspecified atom stereocenters. The second-order valence-electron chi connectivity index (χ2n) is 3.04. The van der Waals surface area contributed by atoms with Crippen molar-refractivity contribution in [2.45, 2.75) is 19.8 Å². The van der Waals surface area contributed by atoms with E-state index in [0.29, 0.717) is 11.3 Å². The van der Waals surface area contributed by atoms with Crippen molar-refractivity contribution in [1.29, 1.82) is 5.26 Å². The Morgan fingerprint density at radius 1 is 1.50 bits per heavy atom. The van der Waals surface area contributed by atoms with Crippen molar-refractivity contribution in [3.63, 3.8) is 0 Å². The lowest BCUT2D eigenvalue weighted by Gasteiger charge is -2.09. The van der Waals surface area contributed by atoms with Crippen molar-refractivity contribution in [2.24, 2.45) is 0 Å². The number of aryl methyl sites for hydroxylation is 1. The number of hydrogen-bond donors (Lipinski definition) is 1. The molecule has 0 atom stereocenters. The van der Waals surface area contributed by atoms with Crippen molar-refractivity contribution >= 4 is 5.69 Å². The average molecular weight is 196 g/mol. The van der Waals surface area contributed by atoms with Gasteiger partial charge in [0.2, 0.25) is 0 Å². The fourth-order valence-electron chi connectivity index (χ4n) is 1.24. The van der Waals surface area contributed by atoms with E-state index in [1.165, 1.54) is 6.07 Å². The molecule has 1 aromatic rings. The third kappa shape index (κ3) is 1.99. The first-order valence-corrected chi connectivity index (χ1v) is 4.10. The van der Waals surface area contributed by atoms with Gasteiger partial charge in [-0.3, -0.25) is 0 Å². The van der Waals surface area contributed by atoms with Crippen molar-refractivity contribution in [1.82, 2.24) is 0 Å². The van der Waals surface area contributed by atoms with Gasteiger partial charge in [0, 0.05) is 11.3 Å². The highest BCUT2D eigenvalue weighted by atomic mass is 19.3. The van der Waals surface area contributed by atoms with Crippen LogP contribution in [-0.4, -0.2) is 0 Å². The third-order valence-electron chi connectivity index (χ3n) is 2.03. The first kappa shape index (κ1) is 10.5. The van der Waals surface area contributed by atoms with Crippen LogP contribution in [0.5, 0.6) is 0 Å². The Balaban J connectivity index is 3.25. The molecule has 2 nitrogen and oxygen atoms in total. The zero-order chi connectivity index (χ0) is 10.7. The fraction of sp³-hybridized carbons (Fsp3) is 0.300. The Morgan fingerprint density at radius 3 is 2.64 bits per heavy atom. The highest BCUT2D eigenvalue weighted by molar-refractivity contribution is 5.52. The summed E-state index contributed by atoms with van der Waals surface area (Å²) in [5, 5.41) is 8.46. The quantitative estimate of drug-likeness (QED) is 0.739. The standard InChI is InChI=1S/C10H10F2N2/c1-6-4-7(2-3-13)8(10(11)12)5-9(6)14/h4-5,10H,2,14H2,1H3. The molecule has 14 heavy (non-hydrogen) atoms. The molecule has 0 aliphatic rings. The first-order chi connectivity index (χ1) is 6.56. The highest BCUT2D eigenvalue weighted by Crippen LogP contribution is 2.27. The van der Waals surface area contributed by atoms with E-state index >= 15 is 0 Å². The maximum atomic E-state index is 12.5. The highest BCUT2D eigenvalue weighted by Gasteiger charge is 2.14. The maximum absolute atomic E-state index is 12.5. The van der Waals surface area contributed by atoms with Gasteiger partial charge < -0.3 is 5.73 Å². The summed E-state index contributed by atoms with van der Waals surface area (Å²) in [7, 11) is 0. The van der Waals surface area contributed by atoms with Crippen LogP contribution in [0.15, 0.2) is 12.1 Å². The second kappa shape index (κ2) is 4.05. The van der Waals surface area contributed by atoms with E-state index in [4.69, 9.17) is 11.0 Å². The molecule has 0 fully saturated rings. The van der Waals surface area contributed by atoms with Gasteiger partial charge in [-0.25, -0.2) is 8.78 Å². The van der Waals surface area contributed by atoms with Gasteiger partial charge in [-0.2, -0.15) is 5.26 Å². The Bertz CT molecular complexity index is 380. The van der Waals surface area contributed by atoms with Crippen LogP contribution in [0.25, 0.3) is 0 Å². The fourth-order valence-corrected chi connectivity index (χ4v) is 1.24. The monoisotopic (exact) mass is 196 g/mol. The first-order valence-electron chi connectivity index (χ1n) is 4.10. The molecule has 0 amide bonds. The Kier molecular flexibility index (Phi) is 3.03. The molecule has 0 saturated heterocycles. The molecule has 2 N–H and O–H groups in total. The number of nitriles is 1. The van der Waals surface area contributed by atoms with Crippen LogP contribution in [0.2, 0.25) is 0 Å². The van der Waals surface area contributed by atoms with Crippen molar-refractivity contribution in [2.75, 3.05) is 5.73 Å². The van der Waals surface area contributed by atoms with E-state index in [1.807, 2.05) is 6.07 Å².